The van der Waals surface area contributed by atoms with Crippen LogP contribution in [-0.4, -0.2) is 10.9 Å². The van der Waals surface area contributed by atoms with Crippen LogP contribution < -0.4 is 5.73 Å². The maximum absolute atomic E-state index is 13.0. The van der Waals surface area contributed by atoms with Gasteiger partial charge in [0.2, 0.25) is 0 Å². The Morgan fingerprint density at radius 3 is 2.13 bits per heavy atom. The van der Waals surface area contributed by atoms with Crippen LogP contribution in [0.4, 0.5) is 26.3 Å². The molecule has 1 aromatic heterocycles. The van der Waals surface area contributed by atoms with Crippen molar-refractivity contribution in [1.82, 2.24) is 4.98 Å². The van der Waals surface area contributed by atoms with Crippen molar-refractivity contribution in [3.8, 4) is 11.1 Å². The average Bonchev–Trinajstić information content (AvgIpc) is 2.45. The number of hydrogen-bond donors (Lipinski definition) is 1. The molecular formula is C14H8F6N2O. The molecule has 2 rings (SSSR count). The Hall–Kier alpha value is -2.58. The van der Waals surface area contributed by atoms with Gasteiger partial charge in [0.15, 0.2) is 0 Å². The molecular weight excluding hydrogens is 326 g/mol. The van der Waals surface area contributed by atoms with Crippen LogP contribution in [0.2, 0.25) is 0 Å². The Bertz CT molecular complexity index is 752. The molecule has 0 spiro atoms. The number of nitrogens with zero attached hydrogens (tertiary/aromatic N) is 1. The molecule has 0 atom stereocenters. The Morgan fingerprint density at radius 1 is 0.957 bits per heavy atom. The first-order valence-corrected chi connectivity index (χ1v) is 6.05. The molecule has 9 heteroatoms. The van der Waals surface area contributed by atoms with Crippen molar-refractivity contribution >= 4 is 5.91 Å². The standard InChI is InChI=1S/C14H8F6N2O/c15-13(16,17)8-1-2-10(14(18,19)20)9(6-8)7-3-4-22-11(5-7)12(21)23/h1-6H,(H2,21,23). The van der Waals surface area contributed by atoms with Crippen molar-refractivity contribution in [1.29, 1.82) is 0 Å². The van der Waals surface area contributed by atoms with Gasteiger partial charge in [-0.25, -0.2) is 0 Å². The summed E-state index contributed by atoms with van der Waals surface area (Å²) in [6.45, 7) is 0. The van der Waals surface area contributed by atoms with Gasteiger partial charge in [0, 0.05) is 6.20 Å². The quantitative estimate of drug-likeness (QED) is 0.847. The number of amides is 1. The highest BCUT2D eigenvalue weighted by molar-refractivity contribution is 5.92. The number of primary amides is 1. The molecule has 1 amide bonds. The second-order valence-corrected chi connectivity index (χ2v) is 4.55. The third-order valence-corrected chi connectivity index (χ3v) is 2.98. The zero-order chi connectivity index (χ0) is 17.4. The molecule has 0 aliphatic carbocycles. The second-order valence-electron chi connectivity index (χ2n) is 4.55. The molecule has 1 aromatic carbocycles. The number of carbonyl (C=O) groups is 1. The summed E-state index contributed by atoms with van der Waals surface area (Å²) in [4.78, 5) is 14.6. The van der Waals surface area contributed by atoms with E-state index >= 15 is 0 Å². The van der Waals surface area contributed by atoms with E-state index in [1.54, 1.807) is 0 Å². The summed E-state index contributed by atoms with van der Waals surface area (Å²) in [5.74, 6) is -1.01. The summed E-state index contributed by atoms with van der Waals surface area (Å²) in [5.41, 5.74) is 1.18. The van der Waals surface area contributed by atoms with Crippen molar-refractivity contribution in [2.24, 2.45) is 5.73 Å². The molecule has 122 valence electrons. The van der Waals surface area contributed by atoms with Gasteiger partial charge in [-0.1, -0.05) is 0 Å². The Kier molecular flexibility index (Phi) is 4.06. The van der Waals surface area contributed by atoms with Crippen LogP contribution in [0.15, 0.2) is 36.5 Å². The zero-order valence-corrected chi connectivity index (χ0v) is 11.2. The van der Waals surface area contributed by atoms with Crippen LogP contribution in [0.1, 0.15) is 21.6 Å². The van der Waals surface area contributed by atoms with Gasteiger partial charge in [0.05, 0.1) is 11.1 Å². The number of benzene rings is 1. The lowest BCUT2D eigenvalue weighted by Crippen LogP contribution is -2.14. The third-order valence-electron chi connectivity index (χ3n) is 2.98. The molecule has 0 unspecified atom stereocenters. The number of rotatable bonds is 2. The summed E-state index contributed by atoms with van der Waals surface area (Å²) < 4.78 is 77.4. The lowest BCUT2D eigenvalue weighted by atomic mass is 9.96. The topological polar surface area (TPSA) is 56.0 Å². The Labute approximate surface area is 125 Å². The van der Waals surface area contributed by atoms with Gasteiger partial charge in [0.1, 0.15) is 5.69 Å². The predicted octanol–water partition coefficient (Wildman–Crippen LogP) is 3.89. The molecule has 23 heavy (non-hydrogen) atoms. The summed E-state index contributed by atoms with van der Waals surface area (Å²) in [7, 11) is 0. The maximum atomic E-state index is 13.0. The van der Waals surface area contributed by atoms with Gasteiger partial charge in [-0.05, 0) is 41.5 Å². The van der Waals surface area contributed by atoms with Crippen LogP contribution in [-0.2, 0) is 12.4 Å². The lowest BCUT2D eigenvalue weighted by molar-refractivity contribution is -0.141. The minimum Gasteiger partial charge on any atom is -0.364 e. The van der Waals surface area contributed by atoms with Crippen molar-refractivity contribution in [3.05, 3.63) is 53.3 Å². The van der Waals surface area contributed by atoms with Gasteiger partial charge >= 0.3 is 12.4 Å². The van der Waals surface area contributed by atoms with E-state index in [1.807, 2.05) is 0 Å². The van der Waals surface area contributed by atoms with E-state index in [4.69, 9.17) is 5.73 Å². The SMILES string of the molecule is NC(=O)c1cc(-c2cc(C(F)(F)F)ccc2C(F)(F)F)ccn1. The summed E-state index contributed by atoms with van der Waals surface area (Å²) in [6, 6.07) is 3.05. The van der Waals surface area contributed by atoms with Crippen molar-refractivity contribution in [3.63, 3.8) is 0 Å². The van der Waals surface area contributed by atoms with E-state index in [9.17, 15) is 31.1 Å². The van der Waals surface area contributed by atoms with E-state index in [1.165, 1.54) is 0 Å². The fourth-order valence-corrected chi connectivity index (χ4v) is 1.94. The van der Waals surface area contributed by atoms with Crippen LogP contribution in [0.25, 0.3) is 11.1 Å². The van der Waals surface area contributed by atoms with E-state index in [2.05, 4.69) is 4.98 Å². The van der Waals surface area contributed by atoms with E-state index in [-0.39, 0.29) is 11.3 Å². The van der Waals surface area contributed by atoms with Crippen molar-refractivity contribution in [2.45, 2.75) is 12.4 Å². The van der Waals surface area contributed by atoms with Crippen LogP contribution >= 0.6 is 0 Å². The van der Waals surface area contributed by atoms with Gasteiger partial charge in [0.25, 0.3) is 5.91 Å². The molecule has 0 radical (unpaired) electrons. The monoisotopic (exact) mass is 334 g/mol. The first kappa shape index (κ1) is 16.8. The predicted molar refractivity (Wildman–Crippen MR) is 68.2 cm³/mol. The first-order chi connectivity index (χ1) is 10.5. The number of aromatic nitrogens is 1. The second kappa shape index (κ2) is 5.56. The van der Waals surface area contributed by atoms with Crippen LogP contribution in [0, 0.1) is 0 Å². The fraction of sp³-hybridized carbons (Fsp3) is 0.143. The zero-order valence-electron chi connectivity index (χ0n) is 11.2. The molecule has 0 saturated heterocycles. The number of pyridine rings is 1. The summed E-state index contributed by atoms with van der Waals surface area (Å²) >= 11 is 0. The van der Waals surface area contributed by atoms with Gasteiger partial charge in [-0.3, -0.25) is 9.78 Å². The molecule has 3 nitrogen and oxygen atoms in total. The van der Waals surface area contributed by atoms with E-state index < -0.39 is 35.0 Å². The van der Waals surface area contributed by atoms with Crippen molar-refractivity contribution in [2.75, 3.05) is 0 Å². The van der Waals surface area contributed by atoms with E-state index in [0.29, 0.717) is 18.2 Å². The molecule has 2 N–H and O–H groups in total. The largest absolute Gasteiger partial charge is 0.417 e. The van der Waals surface area contributed by atoms with Crippen LogP contribution in [0.3, 0.4) is 0 Å². The highest BCUT2D eigenvalue weighted by Crippen LogP contribution is 2.40. The number of carbonyl (C=O) groups excluding carboxylic acids is 1. The molecule has 0 saturated carbocycles. The average molecular weight is 334 g/mol. The third kappa shape index (κ3) is 3.61. The minimum atomic E-state index is -4.87. The van der Waals surface area contributed by atoms with Gasteiger partial charge in [-0.2, -0.15) is 26.3 Å². The Morgan fingerprint density at radius 2 is 1.61 bits per heavy atom. The highest BCUT2D eigenvalue weighted by Gasteiger charge is 2.37. The summed E-state index contributed by atoms with van der Waals surface area (Å²) in [6.07, 6.45) is -8.68. The van der Waals surface area contributed by atoms with E-state index in [0.717, 1.165) is 18.3 Å². The lowest BCUT2D eigenvalue weighted by Gasteiger charge is -2.16. The molecule has 0 bridgehead atoms. The summed E-state index contributed by atoms with van der Waals surface area (Å²) in [5, 5.41) is 0. The normalized spacial score (nSPS) is 12.3. The number of nitrogens with two attached hydrogens (primary N) is 1. The smallest absolute Gasteiger partial charge is 0.364 e. The molecule has 1 heterocycles. The molecule has 0 aliphatic heterocycles. The van der Waals surface area contributed by atoms with Crippen LogP contribution in [0.5, 0.6) is 0 Å². The maximum Gasteiger partial charge on any atom is 0.417 e. The number of hydrogen-bond acceptors (Lipinski definition) is 2. The Balaban J connectivity index is 2.72. The molecule has 0 fully saturated rings. The van der Waals surface area contributed by atoms with Gasteiger partial charge in [-0.15, -0.1) is 0 Å². The first-order valence-electron chi connectivity index (χ1n) is 6.05. The number of halogens is 6. The molecule has 2 aromatic rings. The highest BCUT2D eigenvalue weighted by atomic mass is 19.4. The molecule has 0 aliphatic rings. The number of alkyl halides is 6. The van der Waals surface area contributed by atoms with Gasteiger partial charge < -0.3 is 5.73 Å². The van der Waals surface area contributed by atoms with Crippen molar-refractivity contribution < 1.29 is 31.1 Å². The minimum absolute atomic E-state index is 0.243. The fourth-order valence-electron chi connectivity index (χ4n) is 1.94.